The largest absolute Gasteiger partial charge is 0.192 e. The van der Waals surface area contributed by atoms with Crippen LogP contribution in [-0.4, -0.2) is 0 Å². The smallest absolute Gasteiger partial charge is 0.101 e. The second-order valence-corrected chi connectivity index (χ2v) is 4.13. The summed E-state index contributed by atoms with van der Waals surface area (Å²) >= 11 is 6.05. The van der Waals surface area contributed by atoms with E-state index in [1.165, 1.54) is 5.57 Å². The van der Waals surface area contributed by atoms with Crippen molar-refractivity contribution in [3.05, 3.63) is 39.4 Å². The number of hydrogen-bond acceptors (Lipinski definition) is 1. The van der Waals surface area contributed by atoms with Gasteiger partial charge in [-0.2, -0.15) is 5.26 Å². The molecule has 0 amide bonds. The first-order valence-corrected chi connectivity index (χ1v) is 5.33. The highest BCUT2D eigenvalue weighted by Crippen LogP contribution is 2.23. The first kappa shape index (κ1) is 11.8. The molecule has 0 spiro atoms. The zero-order chi connectivity index (χ0) is 11.4. The van der Waals surface area contributed by atoms with Gasteiger partial charge in [0.2, 0.25) is 0 Å². The molecular formula is C13H14ClN. The highest BCUT2D eigenvalue weighted by atomic mass is 35.5. The lowest BCUT2D eigenvalue weighted by molar-refractivity contribution is 1.13. The van der Waals surface area contributed by atoms with Gasteiger partial charge in [-0.1, -0.05) is 36.2 Å². The van der Waals surface area contributed by atoms with Crippen LogP contribution in [0.5, 0.6) is 0 Å². The molecule has 1 rings (SSSR count). The molecule has 0 bridgehead atoms. The Labute approximate surface area is 96.0 Å². The van der Waals surface area contributed by atoms with Crippen molar-refractivity contribution in [1.82, 2.24) is 0 Å². The molecule has 0 aliphatic rings. The van der Waals surface area contributed by atoms with Crippen molar-refractivity contribution in [2.75, 3.05) is 0 Å². The molecule has 0 N–H and O–H groups in total. The fourth-order valence-corrected chi connectivity index (χ4v) is 1.80. The van der Waals surface area contributed by atoms with Crippen LogP contribution in [0.1, 0.15) is 37.5 Å². The molecule has 1 nitrogen and oxygen atoms in total. The van der Waals surface area contributed by atoms with Crippen LogP contribution >= 0.6 is 11.6 Å². The van der Waals surface area contributed by atoms with Gasteiger partial charge >= 0.3 is 0 Å². The first-order chi connectivity index (χ1) is 7.08. The molecule has 0 saturated carbocycles. The van der Waals surface area contributed by atoms with Gasteiger partial charge in [-0.05, 0) is 37.5 Å². The summed E-state index contributed by atoms with van der Waals surface area (Å²) in [5, 5.41) is 9.50. The number of allylic oxidation sites excluding steroid dienone is 1. The minimum Gasteiger partial charge on any atom is -0.192 e. The van der Waals surface area contributed by atoms with Crippen molar-refractivity contribution in [2.45, 2.75) is 27.2 Å². The fraction of sp³-hybridized carbons (Fsp3) is 0.308. The maximum atomic E-state index is 8.95. The van der Waals surface area contributed by atoms with Crippen molar-refractivity contribution < 1.29 is 0 Å². The Balaban J connectivity index is 3.33. The number of rotatable bonds is 2. The molecule has 0 saturated heterocycles. The van der Waals surface area contributed by atoms with Gasteiger partial charge in [0.15, 0.2) is 0 Å². The van der Waals surface area contributed by atoms with Gasteiger partial charge in [0.1, 0.15) is 6.07 Å². The van der Waals surface area contributed by atoms with Crippen molar-refractivity contribution in [1.29, 1.82) is 5.26 Å². The predicted octanol–water partition coefficient (Wildman–Crippen LogP) is 4.20. The molecule has 0 unspecified atom stereocenters. The van der Waals surface area contributed by atoms with E-state index in [9.17, 15) is 0 Å². The molecule has 1 aromatic carbocycles. The minimum absolute atomic E-state index is 0.546. The van der Waals surface area contributed by atoms with E-state index < -0.39 is 0 Å². The Morgan fingerprint density at radius 3 is 2.60 bits per heavy atom. The van der Waals surface area contributed by atoms with Crippen molar-refractivity contribution in [3.8, 4) is 6.07 Å². The average molecular weight is 220 g/mol. The lowest BCUT2D eigenvalue weighted by Gasteiger charge is -2.05. The Bertz CT molecular complexity index is 435. The molecule has 0 atom stereocenters. The van der Waals surface area contributed by atoms with Gasteiger partial charge in [-0.15, -0.1) is 0 Å². The number of hydrogen-bond donors (Lipinski definition) is 0. The van der Waals surface area contributed by atoms with Crippen LogP contribution in [0.15, 0.2) is 17.7 Å². The maximum absolute atomic E-state index is 8.95. The van der Waals surface area contributed by atoms with Crippen LogP contribution in [-0.2, 0) is 6.42 Å². The van der Waals surface area contributed by atoms with Crippen LogP contribution in [0, 0.1) is 11.3 Å². The molecule has 15 heavy (non-hydrogen) atoms. The van der Waals surface area contributed by atoms with Gasteiger partial charge in [0, 0.05) is 0 Å². The average Bonchev–Trinajstić information content (AvgIpc) is 2.15. The Kier molecular flexibility index (Phi) is 3.94. The standard InChI is InChI=1S/C13H14ClN/c1-4-11-6-10(5-9(2)3)7-13(14)12(11)8-15/h5-7H,4H2,1-3H3. The van der Waals surface area contributed by atoms with Crippen LogP contribution in [0.25, 0.3) is 6.08 Å². The normalized spacial score (nSPS) is 9.53. The summed E-state index contributed by atoms with van der Waals surface area (Å²) in [5.74, 6) is 0. The zero-order valence-electron chi connectivity index (χ0n) is 9.26. The Hall–Kier alpha value is -1.26. The fourth-order valence-electron chi connectivity index (χ4n) is 1.51. The van der Waals surface area contributed by atoms with Gasteiger partial charge in [-0.3, -0.25) is 0 Å². The SMILES string of the molecule is CCc1cc(C=C(C)C)cc(Cl)c1C#N. The molecule has 0 aliphatic heterocycles. The maximum Gasteiger partial charge on any atom is 0.101 e. The van der Waals surface area contributed by atoms with E-state index in [0.717, 1.165) is 17.5 Å². The predicted molar refractivity (Wildman–Crippen MR) is 64.9 cm³/mol. The van der Waals surface area contributed by atoms with E-state index >= 15 is 0 Å². The van der Waals surface area contributed by atoms with Gasteiger partial charge < -0.3 is 0 Å². The van der Waals surface area contributed by atoms with Crippen LogP contribution in [0.4, 0.5) is 0 Å². The summed E-state index contributed by atoms with van der Waals surface area (Å²) in [6.07, 6.45) is 2.89. The molecule has 0 aliphatic carbocycles. The molecule has 2 heteroatoms. The summed E-state index contributed by atoms with van der Waals surface area (Å²) < 4.78 is 0. The highest BCUT2D eigenvalue weighted by Gasteiger charge is 2.06. The molecule has 78 valence electrons. The van der Waals surface area contributed by atoms with E-state index in [0.29, 0.717) is 10.6 Å². The summed E-state index contributed by atoms with van der Waals surface area (Å²) in [4.78, 5) is 0. The van der Waals surface area contributed by atoms with Crippen LogP contribution < -0.4 is 0 Å². The third-order valence-electron chi connectivity index (χ3n) is 2.14. The van der Waals surface area contributed by atoms with E-state index in [4.69, 9.17) is 16.9 Å². The minimum atomic E-state index is 0.546. The monoisotopic (exact) mass is 219 g/mol. The summed E-state index contributed by atoms with van der Waals surface area (Å²) in [7, 11) is 0. The quantitative estimate of drug-likeness (QED) is 0.732. The molecule has 0 fully saturated rings. The molecule has 0 radical (unpaired) electrons. The first-order valence-electron chi connectivity index (χ1n) is 4.96. The zero-order valence-corrected chi connectivity index (χ0v) is 10.0. The second-order valence-electron chi connectivity index (χ2n) is 3.72. The number of aryl methyl sites for hydroxylation is 1. The summed E-state index contributed by atoms with van der Waals surface area (Å²) in [6.45, 7) is 6.11. The van der Waals surface area contributed by atoms with Crippen LogP contribution in [0.2, 0.25) is 5.02 Å². The van der Waals surface area contributed by atoms with E-state index in [-0.39, 0.29) is 0 Å². The Morgan fingerprint density at radius 2 is 2.13 bits per heavy atom. The summed E-state index contributed by atoms with van der Waals surface area (Å²) in [5.41, 5.74) is 3.90. The molecule has 0 heterocycles. The van der Waals surface area contributed by atoms with E-state index in [1.54, 1.807) is 0 Å². The van der Waals surface area contributed by atoms with Gasteiger partial charge in [0.05, 0.1) is 10.6 Å². The van der Waals surface area contributed by atoms with Crippen LogP contribution in [0.3, 0.4) is 0 Å². The highest BCUT2D eigenvalue weighted by molar-refractivity contribution is 6.32. The number of nitriles is 1. The van der Waals surface area contributed by atoms with Crippen molar-refractivity contribution in [2.24, 2.45) is 0 Å². The second kappa shape index (κ2) is 5.00. The molecule has 1 aromatic rings. The topological polar surface area (TPSA) is 23.8 Å². The third-order valence-corrected chi connectivity index (χ3v) is 2.44. The van der Waals surface area contributed by atoms with Crippen molar-refractivity contribution in [3.63, 3.8) is 0 Å². The third kappa shape index (κ3) is 2.84. The Morgan fingerprint density at radius 1 is 1.47 bits per heavy atom. The lowest BCUT2D eigenvalue weighted by Crippen LogP contribution is -1.90. The van der Waals surface area contributed by atoms with E-state index in [2.05, 4.69) is 12.1 Å². The number of halogens is 1. The van der Waals surface area contributed by atoms with E-state index in [1.807, 2.05) is 32.9 Å². The summed E-state index contributed by atoms with van der Waals surface area (Å²) in [6, 6.07) is 6.01. The van der Waals surface area contributed by atoms with Gasteiger partial charge in [-0.25, -0.2) is 0 Å². The van der Waals surface area contributed by atoms with Crippen molar-refractivity contribution >= 4 is 17.7 Å². The molecular weight excluding hydrogens is 206 g/mol. The number of benzene rings is 1. The van der Waals surface area contributed by atoms with Gasteiger partial charge in [0.25, 0.3) is 0 Å². The lowest BCUT2D eigenvalue weighted by atomic mass is 10.0. The number of nitrogens with zero attached hydrogens (tertiary/aromatic N) is 1. The molecule has 0 aromatic heterocycles.